The van der Waals surface area contributed by atoms with Crippen LogP contribution in [0, 0.1) is 5.41 Å². The summed E-state index contributed by atoms with van der Waals surface area (Å²) >= 11 is 3.31. The Morgan fingerprint density at radius 3 is 2.78 bits per heavy atom. The third-order valence-corrected chi connectivity index (χ3v) is 3.27. The van der Waals surface area contributed by atoms with Crippen LogP contribution in [0.1, 0.15) is 30.6 Å². The highest BCUT2D eigenvalue weighted by Crippen LogP contribution is 2.20. The van der Waals surface area contributed by atoms with Crippen LogP contribution in [0.15, 0.2) is 22.7 Å². The van der Waals surface area contributed by atoms with Gasteiger partial charge in [0.1, 0.15) is 0 Å². The van der Waals surface area contributed by atoms with Crippen LogP contribution in [0.3, 0.4) is 0 Å². The van der Waals surface area contributed by atoms with Crippen molar-refractivity contribution < 1.29 is 9.90 Å². The lowest BCUT2D eigenvalue weighted by atomic mass is 9.89. The van der Waals surface area contributed by atoms with Crippen LogP contribution in [0.25, 0.3) is 0 Å². The van der Waals surface area contributed by atoms with Gasteiger partial charge in [0, 0.05) is 23.3 Å². The molecule has 0 heterocycles. The fraction of sp³-hybridized carbons (Fsp3) is 0.462. The normalized spacial score (nSPS) is 11.3. The molecule has 18 heavy (non-hydrogen) atoms. The Kier molecular flexibility index (Phi) is 5.16. The lowest BCUT2D eigenvalue weighted by Gasteiger charge is -2.24. The molecule has 0 saturated heterocycles. The van der Waals surface area contributed by atoms with Gasteiger partial charge in [-0.1, -0.05) is 29.8 Å². The van der Waals surface area contributed by atoms with E-state index in [0.29, 0.717) is 24.2 Å². The van der Waals surface area contributed by atoms with Gasteiger partial charge in [0.05, 0.1) is 5.56 Å². The number of rotatable bonds is 5. The number of hydrogen-bond donors (Lipinski definition) is 3. The number of anilines is 1. The molecular formula is C13H19BrN2O2. The van der Waals surface area contributed by atoms with Crippen LogP contribution in [0.4, 0.5) is 5.69 Å². The first-order chi connectivity index (χ1) is 8.35. The van der Waals surface area contributed by atoms with Crippen molar-refractivity contribution >= 4 is 27.5 Å². The molecule has 1 aromatic carbocycles. The summed E-state index contributed by atoms with van der Waals surface area (Å²) in [5.41, 5.74) is 6.55. The number of nitrogens with one attached hydrogen (secondary N) is 1. The van der Waals surface area contributed by atoms with Gasteiger partial charge in [-0.25, -0.2) is 0 Å². The summed E-state index contributed by atoms with van der Waals surface area (Å²) in [5, 5.41) is 11.8. The number of hydrogen-bond acceptors (Lipinski definition) is 3. The number of nitrogens with two attached hydrogens (primary N) is 1. The number of amides is 1. The van der Waals surface area contributed by atoms with Crippen LogP contribution >= 0.6 is 15.9 Å². The zero-order valence-corrected chi connectivity index (χ0v) is 12.3. The summed E-state index contributed by atoms with van der Waals surface area (Å²) in [6.45, 7) is 4.60. The van der Waals surface area contributed by atoms with Gasteiger partial charge in [0.25, 0.3) is 5.91 Å². The van der Waals surface area contributed by atoms with Crippen LogP contribution in [-0.4, -0.2) is 24.2 Å². The molecule has 0 aliphatic rings. The molecule has 0 aliphatic carbocycles. The topological polar surface area (TPSA) is 75.3 Å². The van der Waals surface area contributed by atoms with Gasteiger partial charge in [0.15, 0.2) is 0 Å². The second kappa shape index (κ2) is 6.20. The molecule has 0 radical (unpaired) electrons. The highest BCUT2D eigenvalue weighted by Gasteiger charge is 2.19. The minimum absolute atomic E-state index is 0.113. The van der Waals surface area contributed by atoms with Crippen LogP contribution in [0.5, 0.6) is 0 Å². The maximum absolute atomic E-state index is 12.0. The van der Waals surface area contributed by atoms with Crippen molar-refractivity contribution in [2.45, 2.75) is 20.3 Å². The minimum atomic E-state index is -0.195. The Morgan fingerprint density at radius 1 is 1.50 bits per heavy atom. The van der Waals surface area contributed by atoms with E-state index in [9.17, 15) is 4.79 Å². The van der Waals surface area contributed by atoms with Gasteiger partial charge < -0.3 is 16.2 Å². The van der Waals surface area contributed by atoms with Gasteiger partial charge in [-0.2, -0.15) is 0 Å². The number of benzene rings is 1. The van der Waals surface area contributed by atoms with E-state index in [1.54, 1.807) is 18.2 Å². The fourth-order valence-electron chi connectivity index (χ4n) is 1.53. The predicted octanol–water partition coefficient (Wildman–Crippen LogP) is 2.17. The molecule has 5 heteroatoms. The summed E-state index contributed by atoms with van der Waals surface area (Å²) in [6, 6.07) is 5.18. The molecule has 0 atom stereocenters. The van der Waals surface area contributed by atoms with Crippen molar-refractivity contribution in [1.82, 2.24) is 5.32 Å². The number of halogens is 1. The Balaban J connectivity index is 2.69. The molecule has 0 aliphatic heterocycles. The Hall–Kier alpha value is -1.07. The number of aliphatic hydroxyl groups is 1. The lowest BCUT2D eigenvalue weighted by molar-refractivity contribution is 0.0929. The molecule has 0 aromatic heterocycles. The molecule has 1 amide bonds. The van der Waals surface area contributed by atoms with Crippen LogP contribution < -0.4 is 11.1 Å². The number of nitrogen functional groups attached to an aromatic ring is 1. The monoisotopic (exact) mass is 314 g/mol. The van der Waals surface area contributed by atoms with Crippen molar-refractivity contribution in [1.29, 1.82) is 0 Å². The molecule has 0 spiro atoms. The predicted molar refractivity (Wildman–Crippen MR) is 76.4 cm³/mol. The molecule has 1 aromatic rings. The smallest absolute Gasteiger partial charge is 0.253 e. The highest BCUT2D eigenvalue weighted by molar-refractivity contribution is 9.10. The zero-order chi connectivity index (χ0) is 13.8. The van der Waals surface area contributed by atoms with E-state index in [1.807, 2.05) is 13.8 Å². The van der Waals surface area contributed by atoms with E-state index in [0.717, 1.165) is 4.47 Å². The Morgan fingerprint density at radius 2 is 2.17 bits per heavy atom. The van der Waals surface area contributed by atoms with Gasteiger partial charge >= 0.3 is 0 Å². The maximum atomic E-state index is 12.0. The average molecular weight is 315 g/mol. The Labute approximate surface area is 116 Å². The van der Waals surface area contributed by atoms with Gasteiger partial charge in [0.2, 0.25) is 0 Å². The third kappa shape index (κ3) is 4.31. The summed E-state index contributed by atoms with van der Waals surface area (Å²) in [7, 11) is 0. The van der Waals surface area contributed by atoms with Gasteiger partial charge in [-0.05, 0) is 30.0 Å². The summed E-state index contributed by atoms with van der Waals surface area (Å²) < 4.78 is 0.816. The first kappa shape index (κ1) is 15.0. The summed E-state index contributed by atoms with van der Waals surface area (Å²) in [6.07, 6.45) is 0.640. The van der Waals surface area contributed by atoms with E-state index in [2.05, 4.69) is 21.2 Å². The quantitative estimate of drug-likeness (QED) is 0.729. The lowest BCUT2D eigenvalue weighted by Crippen LogP contribution is -2.34. The van der Waals surface area contributed by atoms with Crippen molar-refractivity contribution in [3.63, 3.8) is 0 Å². The fourth-order valence-corrected chi connectivity index (χ4v) is 1.89. The third-order valence-electron chi connectivity index (χ3n) is 2.78. The number of carbonyl (C=O) groups is 1. The summed E-state index contributed by atoms with van der Waals surface area (Å²) in [5.74, 6) is -0.195. The van der Waals surface area contributed by atoms with E-state index < -0.39 is 0 Å². The number of aliphatic hydroxyl groups excluding tert-OH is 1. The molecule has 4 nitrogen and oxygen atoms in total. The maximum Gasteiger partial charge on any atom is 0.253 e. The van der Waals surface area contributed by atoms with Crippen molar-refractivity contribution in [2.75, 3.05) is 18.9 Å². The summed E-state index contributed by atoms with van der Waals surface area (Å²) in [4.78, 5) is 12.0. The highest BCUT2D eigenvalue weighted by atomic mass is 79.9. The van der Waals surface area contributed by atoms with E-state index in [1.165, 1.54) is 0 Å². The SMILES string of the molecule is CC(C)(CCO)CNC(=O)c1cc(Br)ccc1N. The zero-order valence-electron chi connectivity index (χ0n) is 10.7. The molecule has 0 unspecified atom stereocenters. The Bertz CT molecular complexity index is 433. The van der Waals surface area contributed by atoms with Crippen molar-refractivity contribution in [3.8, 4) is 0 Å². The van der Waals surface area contributed by atoms with Crippen molar-refractivity contribution in [2.24, 2.45) is 5.41 Å². The molecule has 4 N–H and O–H groups in total. The van der Waals surface area contributed by atoms with Crippen LogP contribution in [-0.2, 0) is 0 Å². The van der Waals surface area contributed by atoms with Gasteiger partial charge in [-0.15, -0.1) is 0 Å². The molecule has 100 valence electrons. The minimum Gasteiger partial charge on any atom is -0.398 e. The van der Waals surface area contributed by atoms with E-state index >= 15 is 0 Å². The second-order valence-corrected chi connectivity index (χ2v) is 5.97. The average Bonchev–Trinajstić information content (AvgIpc) is 2.29. The molecular weight excluding hydrogens is 296 g/mol. The molecule has 0 saturated carbocycles. The van der Waals surface area contributed by atoms with Crippen molar-refractivity contribution in [3.05, 3.63) is 28.2 Å². The first-order valence-corrected chi connectivity index (χ1v) is 6.59. The first-order valence-electron chi connectivity index (χ1n) is 5.80. The second-order valence-electron chi connectivity index (χ2n) is 5.05. The van der Waals surface area contributed by atoms with E-state index in [4.69, 9.17) is 10.8 Å². The standard InChI is InChI=1S/C13H19BrN2O2/c1-13(2,5-6-17)8-16-12(18)10-7-9(14)3-4-11(10)15/h3-4,7,17H,5-6,8,15H2,1-2H3,(H,16,18). The van der Waals surface area contributed by atoms with Gasteiger partial charge in [-0.3, -0.25) is 4.79 Å². The molecule has 0 fully saturated rings. The molecule has 1 rings (SSSR count). The van der Waals surface area contributed by atoms with E-state index in [-0.39, 0.29) is 17.9 Å². The largest absolute Gasteiger partial charge is 0.398 e. The van der Waals surface area contributed by atoms with Crippen LogP contribution in [0.2, 0.25) is 0 Å². The number of carbonyl (C=O) groups excluding carboxylic acids is 1. The molecule has 0 bridgehead atoms.